The fourth-order valence-electron chi connectivity index (χ4n) is 5.63. The van der Waals surface area contributed by atoms with Gasteiger partial charge in [-0.2, -0.15) is 4.98 Å². The molecule has 0 unspecified atom stereocenters. The zero-order valence-electron chi connectivity index (χ0n) is 21.5. The van der Waals surface area contributed by atoms with E-state index < -0.39 is 0 Å². The zero-order chi connectivity index (χ0) is 24.9. The maximum atomic E-state index is 12.5. The van der Waals surface area contributed by atoms with Gasteiger partial charge < -0.3 is 20.9 Å². The molecule has 0 aliphatic heterocycles. The Labute approximate surface area is 214 Å². The van der Waals surface area contributed by atoms with Crippen LogP contribution in [0.15, 0.2) is 42.5 Å². The van der Waals surface area contributed by atoms with Gasteiger partial charge in [0.25, 0.3) is 0 Å². The summed E-state index contributed by atoms with van der Waals surface area (Å²) in [6.07, 6.45) is 9.27. The predicted molar refractivity (Wildman–Crippen MR) is 147 cm³/mol. The van der Waals surface area contributed by atoms with Gasteiger partial charge in [0, 0.05) is 38.3 Å². The van der Waals surface area contributed by atoms with E-state index in [0.29, 0.717) is 12.6 Å². The Bertz CT molecular complexity index is 1200. The van der Waals surface area contributed by atoms with Crippen molar-refractivity contribution in [3.63, 3.8) is 0 Å². The number of aromatic nitrogens is 2. The molecule has 0 atom stereocenters. The first kappa shape index (κ1) is 24.3. The van der Waals surface area contributed by atoms with Crippen molar-refractivity contribution in [2.24, 2.45) is 0 Å². The van der Waals surface area contributed by atoms with Gasteiger partial charge in [0.1, 0.15) is 5.82 Å². The highest BCUT2D eigenvalue weighted by Crippen LogP contribution is 2.29. The minimum absolute atomic E-state index is 0.0692. The third-order valence-corrected chi connectivity index (χ3v) is 7.54. The van der Waals surface area contributed by atoms with Gasteiger partial charge in [0.05, 0.1) is 5.69 Å². The van der Waals surface area contributed by atoms with Gasteiger partial charge >= 0.3 is 6.03 Å². The average Bonchev–Trinajstić information content (AvgIpc) is 2.89. The zero-order valence-corrected chi connectivity index (χ0v) is 21.5. The Balaban J connectivity index is 1.08. The van der Waals surface area contributed by atoms with Crippen molar-refractivity contribution in [2.45, 2.75) is 69.9 Å². The monoisotopic (exact) mass is 486 g/mol. The molecule has 1 aromatic heterocycles. The lowest BCUT2D eigenvalue weighted by Crippen LogP contribution is -2.45. The summed E-state index contributed by atoms with van der Waals surface area (Å²) in [6.45, 7) is 0.626. The number of hydrogen-bond donors (Lipinski definition) is 3. The first-order chi connectivity index (χ1) is 17.6. The first-order valence-corrected chi connectivity index (χ1v) is 13.4. The van der Waals surface area contributed by atoms with Crippen molar-refractivity contribution >= 4 is 28.6 Å². The van der Waals surface area contributed by atoms with Gasteiger partial charge in [-0.25, -0.2) is 9.78 Å². The predicted octanol–water partition coefficient (Wildman–Crippen LogP) is 4.84. The molecule has 0 bridgehead atoms. The molecule has 1 fully saturated rings. The molecule has 5 rings (SSSR count). The summed E-state index contributed by atoms with van der Waals surface area (Å²) in [4.78, 5) is 24.3. The van der Waals surface area contributed by atoms with Crippen LogP contribution in [0.3, 0.4) is 0 Å². The number of amides is 2. The molecule has 3 aromatic rings. The lowest BCUT2D eigenvalue weighted by atomic mass is 9.91. The molecule has 36 heavy (non-hydrogen) atoms. The van der Waals surface area contributed by atoms with Gasteiger partial charge in [0.2, 0.25) is 5.95 Å². The number of carbonyl (C=O) groups excluding carboxylic acids is 1. The van der Waals surface area contributed by atoms with E-state index >= 15 is 0 Å². The normalized spacial score (nSPS) is 19.4. The number of benzene rings is 2. The van der Waals surface area contributed by atoms with Crippen molar-refractivity contribution in [3.8, 4) is 0 Å². The standard InChI is InChI=1S/C29H38N6O/c1-35(2)27-25-12-5-6-13-26(25)33-28(34-27)31-22-14-16-23(17-15-22)32-29(36)30-19-18-21-10-7-9-20-8-3-4-11-24(20)21/h3-4,7-11,22-23H,5-6,12-19H2,1-2H3,(H2,30,32,36)(H,31,33,34)/t22-,23+. The summed E-state index contributed by atoms with van der Waals surface area (Å²) < 4.78 is 0. The molecule has 2 amide bonds. The third-order valence-electron chi connectivity index (χ3n) is 7.54. The Morgan fingerprint density at radius 3 is 2.53 bits per heavy atom. The molecule has 7 nitrogen and oxygen atoms in total. The first-order valence-electron chi connectivity index (χ1n) is 13.4. The fraction of sp³-hybridized carbons (Fsp3) is 0.483. The van der Waals surface area contributed by atoms with E-state index in [1.54, 1.807) is 0 Å². The molecular weight excluding hydrogens is 448 g/mol. The van der Waals surface area contributed by atoms with Gasteiger partial charge in [0.15, 0.2) is 0 Å². The number of aryl methyl sites for hydroxylation is 1. The van der Waals surface area contributed by atoms with Crippen LogP contribution in [0.5, 0.6) is 0 Å². The second kappa shape index (κ2) is 11.1. The van der Waals surface area contributed by atoms with E-state index in [4.69, 9.17) is 9.97 Å². The van der Waals surface area contributed by atoms with Crippen molar-refractivity contribution in [1.29, 1.82) is 0 Å². The van der Waals surface area contributed by atoms with Crippen LogP contribution in [-0.4, -0.2) is 48.7 Å². The van der Waals surface area contributed by atoms with Crippen molar-refractivity contribution in [3.05, 3.63) is 59.3 Å². The average molecular weight is 487 g/mol. The summed E-state index contributed by atoms with van der Waals surface area (Å²) in [5, 5.41) is 12.3. The molecular formula is C29H38N6O. The van der Waals surface area contributed by atoms with E-state index in [1.165, 1.54) is 40.4 Å². The minimum atomic E-state index is -0.0692. The molecule has 7 heteroatoms. The van der Waals surface area contributed by atoms with Crippen LogP contribution in [-0.2, 0) is 19.3 Å². The van der Waals surface area contributed by atoms with E-state index in [9.17, 15) is 4.79 Å². The number of anilines is 2. The van der Waals surface area contributed by atoms with Crippen LogP contribution in [0.25, 0.3) is 10.8 Å². The highest BCUT2D eigenvalue weighted by atomic mass is 16.2. The Kier molecular flexibility index (Phi) is 7.54. The van der Waals surface area contributed by atoms with Crippen LogP contribution in [0.4, 0.5) is 16.6 Å². The molecule has 0 saturated heterocycles. The second-order valence-electron chi connectivity index (χ2n) is 10.4. The van der Waals surface area contributed by atoms with Crippen LogP contribution >= 0.6 is 0 Å². The van der Waals surface area contributed by atoms with Gasteiger partial charge in [-0.15, -0.1) is 0 Å². The quantitative estimate of drug-likeness (QED) is 0.445. The summed E-state index contributed by atoms with van der Waals surface area (Å²) in [5.74, 6) is 1.81. The summed E-state index contributed by atoms with van der Waals surface area (Å²) in [5.41, 5.74) is 3.79. The molecule has 2 aliphatic carbocycles. The van der Waals surface area contributed by atoms with Gasteiger partial charge in [-0.05, 0) is 74.1 Å². The largest absolute Gasteiger partial charge is 0.362 e. The number of urea groups is 1. The maximum Gasteiger partial charge on any atom is 0.315 e. The molecule has 0 spiro atoms. The highest BCUT2D eigenvalue weighted by Gasteiger charge is 2.24. The van der Waals surface area contributed by atoms with Crippen LogP contribution in [0.1, 0.15) is 55.3 Å². The molecule has 190 valence electrons. The topological polar surface area (TPSA) is 82.2 Å². The number of nitrogens with one attached hydrogen (secondary N) is 3. The third kappa shape index (κ3) is 5.72. The SMILES string of the molecule is CN(C)c1nc(N[C@H]2CC[C@@H](NC(=O)NCCc3cccc4ccccc34)CC2)nc2c1CCCC2. The summed E-state index contributed by atoms with van der Waals surface area (Å²) in [7, 11) is 4.12. The van der Waals surface area contributed by atoms with Crippen molar-refractivity contribution in [1.82, 2.24) is 20.6 Å². The minimum Gasteiger partial charge on any atom is -0.362 e. The summed E-state index contributed by atoms with van der Waals surface area (Å²) >= 11 is 0. The smallest absolute Gasteiger partial charge is 0.315 e. The maximum absolute atomic E-state index is 12.5. The van der Waals surface area contributed by atoms with E-state index in [0.717, 1.165) is 56.7 Å². The number of fused-ring (bicyclic) bond motifs is 2. The molecule has 2 aromatic carbocycles. The number of carbonyl (C=O) groups is 1. The number of hydrogen-bond acceptors (Lipinski definition) is 5. The Hall–Kier alpha value is -3.35. The fourth-order valence-corrected chi connectivity index (χ4v) is 5.63. The number of rotatable bonds is 7. The van der Waals surface area contributed by atoms with Gasteiger partial charge in [-0.1, -0.05) is 42.5 Å². The van der Waals surface area contributed by atoms with E-state index in [-0.39, 0.29) is 12.1 Å². The second-order valence-corrected chi connectivity index (χ2v) is 10.4. The molecule has 2 aliphatic rings. The molecule has 1 saturated carbocycles. The molecule has 0 radical (unpaired) electrons. The van der Waals surface area contributed by atoms with Crippen molar-refractivity contribution in [2.75, 3.05) is 30.9 Å². The van der Waals surface area contributed by atoms with E-state index in [1.807, 2.05) is 0 Å². The molecule has 1 heterocycles. The van der Waals surface area contributed by atoms with E-state index in [2.05, 4.69) is 77.4 Å². The Morgan fingerprint density at radius 2 is 1.69 bits per heavy atom. The van der Waals surface area contributed by atoms with Crippen LogP contribution < -0.4 is 20.9 Å². The Morgan fingerprint density at radius 1 is 0.944 bits per heavy atom. The summed E-state index contributed by atoms with van der Waals surface area (Å²) in [6, 6.07) is 15.2. The number of nitrogens with zero attached hydrogens (tertiary/aromatic N) is 3. The van der Waals surface area contributed by atoms with Gasteiger partial charge in [-0.3, -0.25) is 0 Å². The molecule has 3 N–H and O–H groups in total. The lowest BCUT2D eigenvalue weighted by molar-refractivity contribution is 0.232. The van der Waals surface area contributed by atoms with Crippen molar-refractivity contribution < 1.29 is 4.79 Å². The van der Waals surface area contributed by atoms with Crippen LogP contribution in [0.2, 0.25) is 0 Å². The lowest BCUT2D eigenvalue weighted by Gasteiger charge is -2.30. The highest BCUT2D eigenvalue weighted by molar-refractivity contribution is 5.85. The van der Waals surface area contributed by atoms with Crippen LogP contribution in [0, 0.1) is 0 Å².